The summed E-state index contributed by atoms with van der Waals surface area (Å²) < 4.78 is 6.95. The second kappa shape index (κ2) is 4.48. The number of ether oxygens (including phenoxy) is 1. The third-order valence-corrected chi connectivity index (χ3v) is 3.00. The molecule has 2 N–H and O–H groups in total. The van der Waals surface area contributed by atoms with E-state index in [4.69, 9.17) is 10.5 Å². The summed E-state index contributed by atoms with van der Waals surface area (Å²) in [7, 11) is 1.79. The highest BCUT2D eigenvalue weighted by Crippen LogP contribution is 2.27. The van der Waals surface area contributed by atoms with Crippen LogP contribution in [0, 0.1) is 0 Å². The summed E-state index contributed by atoms with van der Waals surface area (Å²) in [5.74, 6) is 0.570. The number of nitrogens with two attached hydrogens (primary N) is 1. The molecule has 0 bridgehead atoms. The molecule has 1 aromatic rings. The summed E-state index contributed by atoms with van der Waals surface area (Å²) in [5, 5.41) is 4.23. The molecule has 2 heterocycles. The standard InChI is InChI=1S/C12H21N5O2/c1-11(2,3)19-10(18)17-6-5-12(13,7-17)9-14-8-16(4)15-9/h8H,5-7,13H2,1-4H3. The van der Waals surface area contributed by atoms with Crippen LogP contribution in [-0.4, -0.2) is 44.4 Å². The van der Waals surface area contributed by atoms with Gasteiger partial charge in [-0.1, -0.05) is 0 Å². The molecule has 1 fully saturated rings. The van der Waals surface area contributed by atoms with Crippen molar-refractivity contribution >= 4 is 6.09 Å². The molecule has 1 atom stereocenters. The van der Waals surface area contributed by atoms with E-state index in [1.165, 1.54) is 0 Å². The zero-order valence-corrected chi connectivity index (χ0v) is 11.9. The van der Waals surface area contributed by atoms with Crippen molar-refractivity contribution in [3.05, 3.63) is 12.2 Å². The first-order valence-electron chi connectivity index (χ1n) is 6.33. The first kappa shape index (κ1) is 13.8. The lowest BCUT2D eigenvalue weighted by molar-refractivity contribution is 0.0283. The van der Waals surface area contributed by atoms with Gasteiger partial charge in [-0.15, -0.1) is 0 Å². The van der Waals surface area contributed by atoms with Gasteiger partial charge in [0.05, 0.1) is 5.54 Å². The fourth-order valence-corrected chi connectivity index (χ4v) is 2.07. The van der Waals surface area contributed by atoms with Gasteiger partial charge < -0.3 is 15.4 Å². The molecule has 0 aliphatic carbocycles. The molecule has 1 aliphatic rings. The van der Waals surface area contributed by atoms with Crippen molar-refractivity contribution in [1.82, 2.24) is 19.7 Å². The summed E-state index contributed by atoms with van der Waals surface area (Å²) in [4.78, 5) is 17.8. The first-order chi connectivity index (χ1) is 8.70. The molecule has 0 aromatic carbocycles. The van der Waals surface area contributed by atoms with Crippen LogP contribution in [-0.2, 0) is 17.3 Å². The minimum Gasteiger partial charge on any atom is -0.444 e. The number of amides is 1. The number of hydrogen-bond acceptors (Lipinski definition) is 5. The second-order valence-electron chi connectivity index (χ2n) is 6.05. The van der Waals surface area contributed by atoms with Gasteiger partial charge in [0.1, 0.15) is 11.9 Å². The van der Waals surface area contributed by atoms with Gasteiger partial charge in [0, 0.05) is 20.1 Å². The predicted molar refractivity (Wildman–Crippen MR) is 69.3 cm³/mol. The summed E-state index contributed by atoms with van der Waals surface area (Å²) >= 11 is 0. The molecule has 1 unspecified atom stereocenters. The van der Waals surface area contributed by atoms with Gasteiger partial charge in [-0.05, 0) is 27.2 Å². The van der Waals surface area contributed by atoms with E-state index < -0.39 is 11.1 Å². The smallest absolute Gasteiger partial charge is 0.410 e. The van der Waals surface area contributed by atoms with Crippen molar-refractivity contribution in [3.8, 4) is 0 Å². The van der Waals surface area contributed by atoms with E-state index in [9.17, 15) is 4.79 Å². The van der Waals surface area contributed by atoms with Gasteiger partial charge in [-0.25, -0.2) is 9.78 Å². The molecule has 1 aliphatic heterocycles. The zero-order chi connectivity index (χ0) is 14.3. The van der Waals surface area contributed by atoms with Crippen LogP contribution in [0.25, 0.3) is 0 Å². The maximum atomic E-state index is 12.0. The lowest BCUT2D eigenvalue weighted by Crippen LogP contribution is -2.43. The van der Waals surface area contributed by atoms with Gasteiger partial charge >= 0.3 is 6.09 Å². The number of nitrogens with zero attached hydrogens (tertiary/aromatic N) is 4. The van der Waals surface area contributed by atoms with Crippen LogP contribution in [0.5, 0.6) is 0 Å². The monoisotopic (exact) mass is 267 g/mol. The summed E-state index contributed by atoms with van der Waals surface area (Å²) in [5.41, 5.74) is 5.12. The van der Waals surface area contributed by atoms with Crippen LogP contribution < -0.4 is 5.73 Å². The Morgan fingerprint density at radius 2 is 2.21 bits per heavy atom. The number of aromatic nitrogens is 3. The molecule has 2 rings (SSSR count). The SMILES string of the molecule is Cn1cnc(C2(N)CCN(C(=O)OC(C)(C)C)C2)n1. The summed E-state index contributed by atoms with van der Waals surface area (Å²) in [6, 6.07) is 0. The minimum absolute atomic E-state index is 0.337. The highest BCUT2D eigenvalue weighted by molar-refractivity contribution is 5.68. The first-order valence-corrected chi connectivity index (χ1v) is 6.33. The summed E-state index contributed by atoms with van der Waals surface area (Å²) in [6.45, 7) is 6.47. The van der Waals surface area contributed by atoms with Crippen molar-refractivity contribution in [2.45, 2.75) is 38.3 Å². The van der Waals surface area contributed by atoms with E-state index >= 15 is 0 Å². The molecule has 0 saturated carbocycles. The van der Waals surface area contributed by atoms with Gasteiger partial charge in [0.15, 0.2) is 5.82 Å². The van der Waals surface area contributed by atoms with Gasteiger partial charge in [0.25, 0.3) is 0 Å². The van der Waals surface area contributed by atoms with Crippen LogP contribution in [0.4, 0.5) is 4.79 Å². The Kier molecular flexibility index (Phi) is 3.25. The maximum absolute atomic E-state index is 12.0. The Balaban J connectivity index is 2.05. The van der Waals surface area contributed by atoms with E-state index in [2.05, 4.69) is 10.1 Å². The van der Waals surface area contributed by atoms with E-state index in [-0.39, 0.29) is 6.09 Å². The molecule has 7 nitrogen and oxygen atoms in total. The van der Waals surface area contributed by atoms with Crippen LogP contribution in [0.1, 0.15) is 33.0 Å². The molecule has 19 heavy (non-hydrogen) atoms. The average Bonchev–Trinajstić information content (AvgIpc) is 2.83. The van der Waals surface area contributed by atoms with Crippen molar-refractivity contribution in [2.24, 2.45) is 12.8 Å². The molecule has 1 aromatic heterocycles. The zero-order valence-electron chi connectivity index (χ0n) is 11.9. The summed E-state index contributed by atoms with van der Waals surface area (Å²) in [6.07, 6.45) is 1.91. The highest BCUT2D eigenvalue weighted by atomic mass is 16.6. The Morgan fingerprint density at radius 3 is 2.74 bits per heavy atom. The van der Waals surface area contributed by atoms with Gasteiger partial charge in [-0.3, -0.25) is 4.68 Å². The maximum Gasteiger partial charge on any atom is 0.410 e. The second-order valence-corrected chi connectivity index (χ2v) is 6.05. The predicted octanol–water partition coefficient (Wildman–Crippen LogP) is 0.610. The van der Waals surface area contributed by atoms with Crippen molar-refractivity contribution in [2.75, 3.05) is 13.1 Å². The number of hydrogen-bond donors (Lipinski definition) is 1. The molecule has 1 amide bonds. The average molecular weight is 267 g/mol. The normalized spacial score (nSPS) is 23.7. The van der Waals surface area contributed by atoms with E-state index in [0.717, 1.165) is 0 Å². The van der Waals surface area contributed by atoms with E-state index in [0.29, 0.717) is 25.3 Å². The Bertz CT molecular complexity index is 479. The Morgan fingerprint density at radius 1 is 1.53 bits per heavy atom. The largest absolute Gasteiger partial charge is 0.444 e. The third kappa shape index (κ3) is 3.04. The van der Waals surface area contributed by atoms with Crippen molar-refractivity contribution in [1.29, 1.82) is 0 Å². The van der Waals surface area contributed by atoms with E-state index in [1.807, 2.05) is 20.8 Å². The minimum atomic E-state index is -0.682. The molecule has 7 heteroatoms. The lowest BCUT2D eigenvalue weighted by atomic mass is 10.00. The van der Waals surface area contributed by atoms with Crippen LogP contribution >= 0.6 is 0 Å². The fourth-order valence-electron chi connectivity index (χ4n) is 2.07. The van der Waals surface area contributed by atoms with Gasteiger partial charge in [-0.2, -0.15) is 5.10 Å². The van der Waals surface area contributed by atoms with Crippen LogP contribution in [0.3, 0.4) is 0 Å². The van der Waals surface area contributed by atoms with Crippen molar-refractivity contribution in [3.63, 3.8) is 0 Å². The topological polar surface area (TPSA) is 86.3 Å². The number of carbonyl (C=O) groups is 1. The molecule has 106 valence electrons. The Labute approximate surface area is 112 Å². The van der Waals surface area contributed by atoms with Crippen molar-refractivity contribution < 1.29 is 9.53 Å². The molecule has 0 spiro atoms. The number of rotatable bonds is 1. The molecule has 0 radical (unpaired) electrons. The van der Waals surface area contributed by atoms with Crippen LogP contribution in [0.15, 0.2) is 6.33 Å². The number of aryl methyl sites for hydroxylation is 1. The van der Waals surface area contributed by atoms with E-state index in [1.54, 1.807) is 23.0 Å². The lowest BCUT2D eigenvalue weighted by Gasteiger charge is -2.25. The molecular formula is C12H21N5O2. The van der Waals surface area contributed by atoms with Crippen LogP contribution in [0.2, 0.25) is 0 Å². The molecular weight excluding hydrogens is 246 g/mol. The number of likely N-dealkylation sites (tertiary alicyclic amines) is 1. The number of carbonyl (C=O) groups excluding carboxylic acids is 1. The highest BCUT2D eigenvalue weighted by Gasteiger charge is 2.42. The third-order valence-electron chi connectivity index (χ3n) is 3.00. The quantitative estimate of drug-likeness (QED) is 0.805. The Hall–Kier alpha value is -1.63. The fraction of sp³-hybridized carbons (Fsp3) is 0.750. The molecule has 1 saturated heterocycles. The van der Waals surface area contributed by atoms with Gasteiger partial charge in [0.2, 0.25) is 0 Å².